The highest BCUT2D eigenvalue weighted by molar-refractivity contribution is 7.74. The summed E-state index contributed by atoms with van der Waals surface area (Å²) < 4.78 is 49.2. The molecular formula is C15H28O6P2. The highest BCUT2D eigenvalue weighted by Crippen LogP contribution is 2.82. The molecule has 0 atom stereocenters. The van der Waals surface area contributed by atoms with Gasteiger partial charge in [0.1, 0.15) is 0 Å². The van der Waals surface area contributed by atoms with Gasteiger partial charge in [0.15, 0.2) is 4.90 Å². The second-order valence-corrected chi connectivity index (χ2v) is 10.1. The minimum Gasteiger partial charge on any atom is -0.308 e. The van der Waals surface area contributed by atoms with Crippen LogP contribution in [-0.2, 0) is 27.2 Å². The SMILES string of the molecule is C=CC1=CCC(P(=O)(OCC)OCC)(P(=O)(OCC)OCC)C1. The first-order valence-electron chi connectivity index (χ1n) is 7.98. The Bertz CT molecular complexity index is 478. The predicted molar refractivity (Wildman–Crippen MR) is 92.0 cm³/mol. The molecule has 0 aliphatic heterocycles. The van der Waals surface area contributed by atoms with Gasteiger partial charge in [-0.2, -0.15) is 0 Å². The number of rotatable bonds is 11. The molecule has 0 radical (unpaired) electrons. The molecule has 0 unspecified atom stereocenters. The fraction of sp³-hybridized carbons (Fsp3) is 0.733. The summed E-state index contributed by atoms with van der Waals surface area (Å²) >= 11 is 0. The van der Waals surface area contributed by atoms with Gasteiger partial charge < -0.3 is 18.1 Å². The molecule has 0 amide bonds. The maximum absolute atomic E-state index is 13.6. The van der Waals surface area contributed by atoms with Crippen molar-refractivity contribution in [3.8, 4) is 0 Å². The van der Waals surface area contributed by atoms with Gasteiger partial charge in [0.25, 0.3) is 0 Å². The van der Waals surface area contributed by atoms with Crippen LogP contribution in [0, 0.1) is 0 Å². The zero-order chi connectivity index (χ0) is 17.6. The van der Waals surface area contributed by atoms with E-state index in [1.807, 2.05) is 6.08 Å². The van der Waals surface area contributed by atoms with Gasteiger partial charge in [-0.3, -0.25) is 9.13 Å². The molecule has 0 fully saturated rings. The molecule has 6 nitrogen and oxygen atoms in total. The molecule has 0 aromatic rings. The van der Waals surface area contributed by atoms with Crippen molar-refractivity contribution < 1.29 is 27.2 Å². The largest absolute Gasteiger partial charge is 0.349 e. The first-order chi connectivity index (χ1) is 10.9. The lowest BCUT2D eigenvalue weighted by atomic mass is 10.2. The predicted octanol–water partition coefficient (Wildman–Crippen LogP) is 5.12. The monoisotopic (exact) mass is 366 g/mol. The van der Waals surface area contributed by atoms with Crippen molar-refractivity contribution in [2.45, 2.75) is 45.4 Å². The van der Waals surface area contributed by atoms with Crippen molar-refractivity contribution in [3.05, 3.63) is 24.3 Å². The van der Waals surface area contributed by atoms with E-state index in [-0.39, 0.29) is 39.3 Å². The van der Waals surface area contributed by atoms with E-state index in [0.717, 1.165) is 5.57 Å². The molecule has 23 heavy (non-hydrogen) atoms. The fourth-order valence-electron chi connectivity index (χ4n) is 2.72. The van der Waals surface area contributed by atoms with Crippen LogP contribution in [0.5, 0.6) is 0 Å². The minimum absolute atomic E-state index is 0.181. The number of hydrogen-bond donors (Lipinski definition) is 0. The maximum Gasteiger partial charge on any atom is 0.349 e. The van der Waals surface area contributed by atoms with Gasteiger partial charge >= 0.3 is 15.2 Å². The van der Waals surface area contributed by atoms with Gasteiger partial charge in [0.2, 0.25) is 0 Å². The van der Waals surface area contributed by atoms with Crippen LogP contribution >= 0.6 is 15.2 Å². The molecule has 0 spiro atoms. The average molecular weight is 366 g/mol. The van der Waals surface area contributed by atoms with E-state index >= 15 is 0 Å². The molecule has 0 bridgehead atoms. The first-order valence-corrected chi connectivity index (χ1v) is 11.1. The second-order valence-electron chi connectivity index (χ2n) is 5.01. The zero-order valence-corrected chi connectivity index (χ0v) is 16.2. The lowest BCUT2D eigenvalue weighted by Gasteiger charge is -2.39. The molecule has 0 aromatic carbocycles. The van der Waals surface area contributed by atoms with Crippen LogP contribution in [0.15, 0.2) is 24.3 Å². The molecule has 134 valence electrons. The van der Waals surface area contributed by atoms with Gasteiger partial charge in [0, 0.05) is 6.42 Å². The van der Waals surface area contributed by atoms with Gasteiger partial charge in [-0.15, -0.1) is 0 Å². The van der Waals surface area contributed by atoms with Gasteiger partial charge in [-0.1, -0.05) is 24.3 Å². The summed E-state index contributed by atoms with van der Waals surface area (Å²) in [5, 5.41) is 0. The Kier molecular flexibility index (Phi) is 7.92. The third-order valence-electron chi connectivity index (χ3n) is 3.66. The number of allylic oxidation sites excluding steroid dienone is 3. The molecule has 0 aromatic heterocycles. The Hall–Kier alpha value is -0.220. The summed E-state index contributed by atoms with van der Waals surface area (Å²) in [5.74, 6) is 0. The lowest BCUT2D eigenvalue weighted by molar-refractivity contribution is 0.178. The molecule has 0 N–H and O–H groups in total. The van der Waals surface area contributed by atoms with Gasteiger partial charge in [-0.05, 0) is 34.1 Å². The lowest BCUT2D eigenvalue weighted by Crippen LogP contribution is -2.31. The van der Waals surface area contributed by atoms with Crippen molar-refractivity contribution in [3.63, 3.8) is 0 Å². The quantitative estimate of drug-likeness (QED) is 0.473. The van der Waals surface area contributed by atoms with E-state index in [0.29, 0.717) is 0 Å². The minimum atomic E-state index is -3.74. The Labute approximate surface area is 139 Å². The van der Waals surface area contributed by atoms with Crippen LogP contribution < -0.4 is 0 Å². The first kappa shape index (κ1) is 20.8. The summed E-state index contributed by atoms with van der Waals surface area (Å²) in [7, 11) is -7.48. The van der Waals surface area contributed by atoms with Crippen LogP contribution in [0.1, 0.15) is 40.5 Å². The standard InChI is InChI=1S/C15H28O6P2/c1-6-14-11-12-15(13-14,22(16,18-7-2)19-8-3)23(17,20-9-4)21-10-5/h6,11H,1,7-10,12-13H2,2-5H3. The second kappa shape index (κ2) is 8.75. The van der Waals surface area contributed by atoms with Gasteiger partial charge in [-0.25, -0.2) is 0 Å². The molecule has 1 rings (SSSR count). The third-order valence-corrected chi connectivity index (χ3v) is 10.2. The summed E-state index contributed by atoms with van der Waals surface area (Å²) in [5.41, 5.74) is 0.837. The molecule has 1 aliphatic carbocycles. The van der Waals surface area contributed by atoms with E-state index < -0.39 is 20.1 Å². The Morgan fingerprint density at radius 1 is 1.00 bits per heavy atom. The van der Waals surface area contributed by atoms with Crippen LogP contribution in [0.25, 0.3) is 0 Å². The van der Waals surface area contributed by atoms with Crippen LogP contribution in [0.3, 0.4) is 0 Å². The molecule has 0 saturated carbocycles. The molecule has 0 saturated heterocycles. The average Bonchev–Trinajstić information content (AvgIpc) is 2.95. The third kappa shape index (κ3) is 3.89. The van der Waals surface area contributed by atoms with Crippen molar-refractivity contribution >= 4 is 15.2 Å². The topological polar surface area (TPSA) is 71.1 Å². The fourth-order valence-corrected chi connectivity index (χ4v) is 8.47. The van der Waals surface area contributed by atoms with Crippen LogP contribution in [0.2, 0.25) is 0 Å². The van der Waals surface area contributed by atoms with Crippen LogP contribution in [0.4, 0.5) is 0 Å². The van der Waals surface area contributed by atoms with Crippen molar-refractivity contribution in [2.75, 3.05) is 26.4 Å². The van der Waals surface area contributed by atoms with E-state index in [4.69, 9.17) is 18.1 Å². The van der Waals surface area contributed by atoms with E-state index in [2.05, 4.69) is 6.58 Å². The van der Waals surface area contributed by atoms with Crippen LogP contribution in [-0.4, -0.2) is 31.3 Å². The molecule has 1 aliphatic rings. The Morgan fingerprint density at radius 2 is 1.39 bits per heavy atom. The van der Waals surface area contributed by atoms with E-state index in [1.54, 1.807) is 33.8 Å². The Balaban J connectivity index is 3.47. The van der Waals surface area contributed by atoms with E-state index in [9.17, 15) is 9.13 Å². The summed E-state index contributed by atoms with van der Waals surface area (Å²) in [4.78, 5) is -1.36. The normalized spacial score (nSPS) is 18.0. The highest BCUT2D eigenvalue weighted by atomic mass is 31.2. The summed E-state index contributed by atoms with van der Waals surface area (Å²) in [6.45, 7) is 11.4. The Morgan fingerprint density at radius 3 is 1.65 bits per heavy atom. The zero-order valence-electron chi connectivity index (χ0n) is 14.4. The highest BCUT2D eigenvalue weighted by Gasteiger charge is 2.66. The van der Waals surface area contributed by atoms with Crippen molar-refractivity contribution in [2.24, 2.45) is 0 Å². The maximum atomic E-state index is 13.6. The van der Waals surface area contributed by atoms with Crippen molar-refractivity contribution in [1.29, 1.82) is 0 Å². The molecular weight excluding hydrogens is 338 g/mol. The number of hydrogen-bond acceptors (Lipinski definition) is 6. The smallest absolute Gasteiger partial charge is 0.308 e. The summed E-state index contributed by atoms with van der Waals surface area (Å²) in [6, 6.07) is 0. The van der Waals surface area contributed by atoms with E-state index in [1.165, 1.54) is 0 Å². The van der Waals surface area contributed by atoms with Gasteiger partial charge in [0.05, 0.1) is 26.4 Å². The summed E-state index contributed by atoms with van der Waals surface area (Å²) in [6.07, 6.45) is 3.97. The molecule has 8 heteroatoms. The molecule has 0 heterocycles. The van der Waals surface area contributed by atoms with Crippen molar-refractivity contribution in [1.82, 2.24) is 0 Å².